The molecule has 0 radical (unpaired) electrons. The van der Waals surface area contributed by atoms with Crippen LogP contribution in [0.25, 0.3) is 10.4 Å². The average molecular weight is 292 g/mol. The van der Waals surface area contributed by atoms with Crippen LogP contribution >= 0.6 is 0 Å². The summed E-state index contributed by atoms with van der Waals surface area (Å²) in [5, 5.41) is 6.57. The molecular weight excluding hydrogens is 272 g/mol. The van der Waals surface area contributed by atoms with Crippen LogP contribution in [0.4, 0.5) is 0 Å². The third kappa shape index (κ3) is 5.33. The standard InChI is InChI=1S/C14H20N4O3/c1-3-21-14(19)13(16-9-6-10-17-18-15)11-7-4-5-8-12(11)20-2/h4-5,7-8,13,16H,3,6,9-10H2,1-2H3. The van der Waals surface area contributed by atoms with Crippen molar-refractivity contribution in [1.29, 1.82) is 0 Å². The number of para-hydroxylation sites is 1. The van der Waals surface area contributed by atoms with Gasteiger partial charge in [0.05, 0.1) is 13.7 Å². The van der Waals surface area contributed by atoms with Gasteiger partial charge in [-0.25, -0.2) is 4.79 Å². The molecular formula is C14H20N4O3. The van der Waals surface area contributed by atoms with Gasteiger partial charge in [-0.1, -0.05) is 23.3 Å². The molecule has 0 aliphatic carbocycles. The maximum absolute atomic E-state index is 12.1. The van der Waals surface area contributed by atoms with Gasteiger partial charge in [0, 0.05) is 17.0 Å². The Morgan fingerprint density at radius 3 is 2.90 bits per heavy atom. The van der Waals surface area contributed by atoms with E-state index in [9.17, 15) is 4.79 Å². The van der Waals surface area contributed by atoms with Gasteiger partial charge in [-0.3, -0.25) is 0 Å². The lowest BCUT2D eigenvalue weighted by Crippen LogP contribution is -2.31. The van der Waals surface area contributed by atoms with Crippen molar-refractivity contribution in [3.63, 3.8) is 0 Å². The van der Waals surface area contributed by atoms with E-state index < -0.39 is 6.04 Å². The fourth-order valence-electron chi connectivity index (χ4n) is 1.89. The summed E-state index contributed by atoms with van der Waals surface area (Å²) in [5.41, 5.74) is 8.95. The number of carbonyl (C=O) groups is 1. The highest BCUT2D eigenvalue weighted by atomic mass is 16.5. The second-order valence-corrected chi connectivity index (χ2v) is 4.19. The minimum Gasteiger partial charge on any atom is -0.496 e. The average Bonchev–Trinajstić information content (AvgIpc) is 2.51. The number of nitrogens with one attached hydrogen (secondary N) is 1. The summed E-state index contributed by atoms with van der Waals surface area (Å²) >= 11 is 0. The summed E-state index contributed by atoms with van der Waals surface area (Å²) in [7, 11) is 1.56. The quantitative estimate of drug-likeness (QED) is 0.249. The van der Waals surface area contributed by atoms with Crippen LogP contribution in [-0.4, -0.2) is 32.8 Å². The lowest BCUT2D eigenvalue weighted by molar-refractivity contribution is -0.145. The molecule has 1 N–H and O–H groups in total. The fourth-order valence-corrected chi connectivity index (χ4v) is 1.89. The third-order valence-electron chi connectivity index (χ3n) is 2.82. The number of nitrogens with zero attached hydrogens (tertiary/aromatic N) is 3. The second-order valence-electron chi connectivity index (χ2n) is 4.19. The van der Waals surface area contributed by atoms with Gasteiger partial charge in [0.15, 0.2) is 0 Å². The van der Waals surface area contributed by atoms with Gasteiger partial charge in [0.1, 0.15) is 11.8 Å². The molecule has 7 heteroatoms. The lowest BCUT2D eigenvalue weighted by Gasteiger charge is -2.19. The number of hydrogen-bond acceptors (Lipinski definition) is 5. The molecule has 0 fully saturated rings. The van der Waals surface area contributed by atoms with Gasteiger partial charge < -0.3 is 14.8 Å². The number of esters is 1. The first-order chi connectivity index (χ1) is 10.2. The summed E-state index contributed by atoms with van der Waals surface area (Å²) in [6, 6.07) is 6.69. The highest BCUT2D eigenvalue weighted by molar-refractivity contribution is 5.78. The van der Waals surface area contributed by atoms with Crippen molar-refractivity contribution >= 4 is 5.97 Å². The molecule has 0 heterocycles. The Balaban J connectivity index is 2.81. The first-order valence-corrected chi connectivity index (χ1v) is 6.78. The molecule has 0 aromatic heterocycles. The van der Waals surface area contributed by atoms with Crippen molar-refractivity contribution in [2.24, 2.45) is 5.11 Å². The molecule has 0 bridgehead atoms. The van der Waals surface area contributed by atoms with Crippen LogP contribution in [-0.2, 0) is 9.53 Å². The molecule has 0 amide bonds. The van der Waals surface area contributed by atoms with Crippen LogP contribution in [0.1, 0.15) is 24.9 Å². The summed E-state index contributed by atoms with van der Waals surface area (Å²) in [6.07, 6.45) is 0.634. The Kier molecular flexibility index (Phi) is 7.71. The molecule has 1 atom stereocenters. The highest BCUT2D eigenvalue weighted by Crippen LogP contribution is 2.25. The van der Waals surface area contributed by atoms with Crippen LogP contribution < -0.4 is 10.1 Å². The highest BCUT2D eigenvalue weighted by Gasteiger charge is 2.24. The van der Waals surface area contributed by atoms with E-state index in [1.165, 1.54) is 0 Å². The van der Waals surface area contributed by atoms with Gasteiger partial charge in [-0.05, 0) is 31.5 Å². The Labute approximate surface area is 123 Å². The SMILES string of the molecule is CCOC(=O)C(NCCCN=[N+]=[N-])c1ccccc1OC. The summed E-state index contributed by atoms with van der Waals surface area (Å²) in [5.74, 6) is 0.267. The molecule has 21 heavy (non-hydrogen) atoms. The van der Waals surface area contributed by atoms with Crippen LogP contribution in [0.15, 0.2) is 29.4 Å². The molecule has 0 spiro atoms. The Morgan fingerprint density at radius 1 is 1.48 bits per heavy atom. The van der Waals surface area contributed by atoms with Crippen molar-refractivity contribution in [2.45, 2.75) is 19.4 Å². The molecule has 0 aliphatic heterocycles. The molecule has 0 aliphatic rings. The fraction of sp³-hybridized carbons (Fsp3) is 0.500. The predicted octanol–water partition coefficient (Wildman–Crippen LogP) is 2.59. The van der Waals surface area contributed by atoms with Crippen molar-refractivity contribution < 1.29 is 14.3 Å². The number of azide groups is 1. The Bertz CT molecular complexity index is 501. The first-order valence-electron chi connectivity index (χ1n) is 6.78. The topological polar surface area (TPSA) is 96.3 Å². The first kappa shape index (κ1) is 16.8. The molecule has 1 rings (SSSR count). The van der Waals surface area contributed by atoms with Crippen molar-refractivity contribution in [3.05, 3.63) is 40.3 Å². The smallest absolute Gasteiger partial charge is 0.327 e. The molecule has 0 saturated heterocycles. The largest absolute Gasteiger partial charge is 0.496 e. The maximum atomic E-state index is 12.1. The van der Waals surface area contributed by atoms with Gasteiger partial charge in [-0.2, -0.15) is 0 Å². The normalized spacial score (nSPS) is 11.3. The summed E-state index contributed by atoms with van der Waals surface area (Å²) in [4.78, 5) is 14.8. The van der Waals surface area contributed by atoms with E-state index in [1.807, 2.05) is 18.2 Å². The van der Waals surface area contributed by atoms with Crippen molar-refractivity contribution in [1.82, 2.24) is 5.32 Å². The van der Waals surface area contributed by atoms with E-state index in [2.05, 4.69) is 15.3 Å². The zero-order valence-corrected chi connectivity index (χ0v) is 12.3. The van der Waals surface area contributed by atoms with Crippen LogP contribution in [0.2, 0.25) is 0 Å². The predicted molar refractivity (Wildman–Crippen MR) is 79.0 cm³/mol. The molecule has 1 aromatic carbocycles. The summed E-state index contributed by atoms with van der Waals surface area (Å²) in [6.45, 7) is 2.98. The number of carbonyl (C=O) groups excluding carboxylic acids is 1. The zero-order valence-electron chi connectivity index (χ0n) is 12.3. The van der Waals surface area contributed by atoms with E-state index in [1.54, 1.807) is 20.1 Å². The number of hydrogen-bond donors (Lipinski definition) is 1. The van der Waals surface area contributed by atoms with E-state index >= 15 is 0 Å². The molecule has 114 valence electrons. The third-order valence-corrected chi connectivity index (χ3v) is 2.82. The van der Waals surface area contributed by atoms with Gasteiger partial charge in [-0.15, -0.1) is 0 Å². The number of rotatable bonds is 9. The molecule has 7 nitrogen and oxygen atoms in total. The monoisotopic (exact) mass is 292 g/mol. The van der Waals surface area contributed by atoms with E-state index in [-0.39, 0.29) is 5.97 Å². The van der Waals surface area contributed by atoms with E-state index in [0.717, 1.165) is 5.56 Å². The number of benzene rings is 1. The van der Waals surface area contributed by atoms with Crippen molar-refractivity contribution in [2.75, 3.05) is 26.8 Å². The van der Waals surface area contributed by atoms with Crippen LogP contribution in [0.3, 0.4) is 0 Å². The number of methoxy groups -OCH3 is 1. The maximum Gasteiger partial charge on any atom is 0.327 e. The Morgan fingerprint density at radius 2 is 2.24 bits per heavy atom. The van der Waals surface area contributed by atoms with Crippen LogP contribution in [0, 0.1) is 0 Å². The minimum atomic E-state index is -0.604. The Hall–Kier alpha value is -2.24. The zero-order chi connectivity index (χ0) is 15.5. The van der Waals surface area contributed by atoms with Gasteiger partial charge in [0.25, 0.3) is 0 Å². The molecule has 1 unspecified atom stereocenters. The van der Waals surface area contributed by atoms with E-state index in [0.29, 0.717) is 31.9 Å². The van der Waals surface area contributed by atoms with Crippen LogP contribution in [0.5, 0.6) is 5.75 Å². The summed E-state index contributed by atoms with van der Waals surface area (Å²) < 4.78 is 10.4. The van der Waals surface area contributed by atoms with Crippen molar-refractivity contribution in [3.8, 4) is 5.75 Å². The lowest BCUT2D eigenvalue weighted by atomic mass is 10.1. The molecule has 0 saturated carbocycles. The van der Waals surface area contributed by atoms with Gasteiger partial charge >= 0.3 is 5.97 Å². The molecule has 1 aromatic rings. The van der Waals surface area contributed by atoms with Gasteiger partial charge in [0.2, 0.25) is 0 Å². The minimum absolute atomic E-state index is 0.310. The number of ether oxygens (including phenoxy) is 2. The second kappa shape index (κ2) is 9.63. The van der Waals surface area contributed by atoms with E-state index in [4.69, 9.17) is 15.0 Å².